The van der Waals surface area contributed by atoms with E-state index in [1.165, 1.54) is 10.4 Å². The number of halogens is 1. The van der Waals surface area contributed by atoms with Crippen molar-refractivity contribution < 1.29 is 4.39 Å². The molecule has 0 aliphatic heterocycles. The molecule has 2 unspecified atom stereocenters. The Bertz CT molecular complexity index is 609. The van der Waals surface area contributed by atoms with Crippen LogP contribution in [-0.4, -0.2) is 0 Å². The van der Waals surface area contributed by atoms with Gasteiger partial charge < -0.3 is 5.73 Å². The second-order valence-corrected chi connectivity index (χ2v) is 6.80. The lowest BCUT2D eigenvalue weighted by Gasteiger charge is -2.29. The standard InChI is InChI=1S/C17H20FNS/c1-10-8-11(2)16(14(18)9-10)17(19)13-4-3-5-15-12(13)6-7-20-15/h6-9,13,17H,3-5,19H2,1-2H3. The number of nitrogens with two attached hydrogens (primary N) is 1. The Balaban J connectivity index is 2.01. The van der Waals surface area contributed by atoms with Gasteiger partial charge in [-0.3, -0.25) is 0 Å². The molecule has 1 aromatic heterocycles. The number of benzene rings is 1. The molecule has 1 nitrogen and oxygen atoms in total. The zero-order valence-electron chi connectivity index (χ0n) is 11.9. The first-order chi connectivity index (χ1) is 9.58. The van der Waals surface area contributed by atoms with Gasteiger partial charge in [0.2, 0.25) is 0 Å². The maximum atomic E-state index is 14.3. The van der Waals surface area contributed by atoms with Crippen molar-refractivity contribution in [2.24, 2.45) is 5.73 Å². The fraction of sp³-hybridized carbons (Fsp3) is 0.412. The summed E-state index contributed by atoms with van der Waals surface area (Å²) < 4.78 is 14.3. The van der Waals surface area contributed by atoms with Gasteiger partial charge in [-0.1, -0.05) is 6.07 Å². The minimum absolute atomic E-state index is 0.155. The van der Waals surface area contributed by atoms with E-state index in [-0.39, 0.29) is 17.8 Å². The van der Waals surface area contributed by atoms with Crippen molar-refractivity contribution in [2.75, 3.05) is 0 Å². The first-order valence-electron chi connectivity index (χ1n) is 7.16. The van der Waals surface area contributed by atoms with Crippen LogP contribution in [0.25, 0.3) is 0 Å². The molecule has 0 bridgehead atoms. The molecule has 2 atom stereocenters. The second kappa shape index (κ2) is 5.30. The maximum absolute atomic E-state index is 14.3. The van der Waals surface area contributed by atoms with Crippen molar-refractivity contribution in [3.05, 3.63) is 56.5 Å². The highest BCUT2D eigenvalue weighted by Gasteiger charge is 2.29. The highest BCUT2D eigenvalue weighted by Crippen LogP contribution is 2.42. The van der Waals surface area contributed by atoms with E-state index in [0.29, 0.717) is 5.56 Å². The fourth-order valence-corrected chi connectivity index (χ4v) is 4.44. The number of rotatable bonds is 2. The van der Waals surface area contributed by atoms with Crippen molar-refractivity contribution >= 4 is 11.3 Å². The Labute approximate surface area is 123 Å². The van der Waals surface area contributed by atoms with E-state index in [4.69, 9.17) is 5.73 Å². The van der Waals surface area contributed by atoms with E-state index < -0.39 is 0 Å². The normalized spacial score (nSPS) is 19.7. The van der Waals surface area contributed by atoms with Crippen molar-refractivity contribution in [1.29, 1.82) is 0 Å². The molecular formula is C17H20FNS. The van der Waals surface area contributed by atoms with Crippen molar-refractivity contribution in [1.82, 2.24) is 0 Å². The highest BCUT2D eigenvalue weighted by molar-refractivity contribution is 7.10. The van der Waals surface area contributed by atoms with E-state index in [0.717, 1.165) is 30.4 Å². The summed E-state index contributed by atoms with van der Waals surface area (Å²) in [5, 5.41) is 2.13. The van der Waals surface area contributed by atoms with Crippen LogP contribution in [0, 0.1) is 19.7 Å². The lowest BCUT2D eigenvalue weighted by molar-refractivity contribution is 0.460. The summed E-state index contributed by atoms with van der Waals surface area (Å²) >= 11 is 1.80. The Hall–Kier alpha value is -1.19. The smallest absolute Gasteiger partial charge is 0.128 e. The Morgan fingerprint density at radius 2 is 2.15 bits per heavy atom. The van der Waals surface area contributed by atoms with Gasteiger partial charge in [0, 0.05) is 22.4 Å². The molecule has 1 heterocycles. The van der Waals surface area contributed by atoms with Crippen molar-refractivity contribution in [3.8, 4) is 0 Å². The van der Waals surface area contributed by atoms with Gasteiger partial charge in [0.15, 0.2) is 0 Å². The van der Waals surface area contributed by atoms with Gasteiger partial charge >= 0.3 is 0 Å². The number of hydrogen-bond donors (Lipinski definition) is 1. The zero-order chi connectivity index (χ0) is 14.3. The van der Waals surface area contributed by atoms with E-state index in [9.17, 15) is 4.39 Å². The molecule has 1 aromatic carbocycles. The van der Waals surface area contributed by atoms with Crippen LogP contribution in [0.5, 0.6) is 0 Å². The Morgan fingerprint density at radius 1 is 1.35 bits per heavy atom. The van der Waals surface area contributed by atoms with Crippen molar-refractivity contribution in [2.45, 2.75) is 45.1 Å². The summed E-state index contributed by atoms with van der Waals surface area (Å²) in [6.45, 7) is 3.88. The summed E-state index contributed by atoms with van der Waals surface area (Å²) in [6, 6.07) is 5.55. The lowest BCUT2D eigenvalue weighted by Crippen LogP contribution is -2.24. The van der Waals surface area contributed by atoms with Crippen LogP contribution in [0.15, 0.2) is 23.6 Å². The predicted octanol–water partition coefficient (Wildman–Crippen LogP) is 4.62. The van der Waals surface area contributed by atoms with Crippen LogP contribution in [0.4, 0.5) is 4.39 Å². The van der Waals surface area contributed by atoms with E-state index in [1.807, 2.05) is 19.9 Å². The van der Waals surface area contributed by atoms with Gasteiger partial charge in [0.05, 0.1) is 0 Å². The topological polar surface area (TPSA) is 26.0 Å². The third kappa shape index (κ3) is 2.29. The molecule has 0 radical (unpaired) electrons. The van der Waals surface area contributed by atoms with Gasteiger partial charge in [-0.15, -0.1) is 11.3 Å². The minimum atomic E-state index is -0.246. The summed E-state index contributed by atoms with van der Waals surface area (Å²) in [5.74, 6) is 0.0956. The van der Waals surface area contributed by atoms with Gasteiger partial charge in [0.1, 0.15) is 5.82 Å². The number of fused-ring (bicyclic) bond motifs is 1. The first kappa shape index (κ1) is 13.8. The molecule has 2 N–H and O–H groups in total. The molecule has 3 rings (SSSR count). The molecular weight excluding hydrogens is 269 g/mol. The van der Waals surface area contributed by atoms with Crippen LogP contribution in [0.3, 0.4) is 0 Å². The summed E-state index contributed by atoms with van der Waals surface area (Å²) in [7, 11) is 0. The van der Waals surface area contributed by atoms with E-state index in [2.05, 4.69) is 11.4 Å². The van der Waals surface area contributed by atoms with Crippen LogP contribution >= 0.6 is 11.3 Å². The number of hydrogen-bond acceptors (Lipinski definition) is 2. The van der Waals surface area contributed by atoms with Gasteiger partial charge in [0.25, 0.3) is 0 Å². The average Bonchev–Trinajstić information content (AvgIpc) is 2.85. The molecule has 1 aliphatic rings. The van der Waals surface area contributed by atoms with Crippen LogP contribution in [0.2, 0.25) is 0 Å². The lowest BCUT2D eigenvalue weighted by atomic mass is 9.79. The molecule has 0 fully saturated rings. The zero-order valence-corrected chi connectivity index (χ0v) is 12.8. The molecule has 0 saturated carbocycles. The third-order valence-corrected chi connectivity index (χ3v) is 5.34. The number of thiophene rings is 1. The van der Waals surface area contributed by atoms with Crippen LogP contribution in [0.1, 0.15) is 51.9 Å². The average molecular weight is 289 g/mol. The molecule has 0 saturated heterocycles. The first-order valence-corrected chi connectivity index (χ1v) is 8.04. The molecule has 3 heteroatoms. The predicted molar refractivity (Wildman–Crippen MR) is 82.8 cm³/mol. The monoisotopic (exact) mass is 289 g/mol. The largest absolute Gasteiger partial charge is 0.323 e. The maximum Gasteiger partial charge on any atom is 0.128 e. The van der Waals surface area contributed by atoms with E-state index in [1.54, 1.807) is 17.4 Å². The fourth-order valence-electron chi connectivity index (χ4n) is 3.45. The molecule has 106 valence electrons. The molecule has 20 heavy (non-hydrogen) atoms. The van der Waals surface area contributed by atoms with Gasteiger partial charge in [-0.2, -0.15) is 0 Å². The molecule has 2 aromatic rings. The Morgan fingerprint density at radius 3 is 2.90 bits per heavy atom. The summed E-state index contributed by atoms with van der Waals surface area (Å²) in [6.07, 6.45) is 3.35. The van der Waals surface area contributed by atoms with Gasteiger partial charge in [-0.25, -0.2) is 4.39 Å². The second-order valence-electron chi connectivity index (χ2n) is 5.80. The minimum Gasteiger partial charge on any atom is -0.323 e. The van der Waals surface area contributed by atoms with Crippen molar-refractivity contribution in [3.63, 3.8) is 0 Å². The van der Waals surface area contributed by atoms with Crippen LogP contribution in [-0.2, 0) is 6.42 Å². The SMILES string of the molecule is Cc1cc(C)c(C(N)C2CCCc3sccc32)c(F)c1. The Kier molecular flexibility index (Phi) is 3.65. The van der Waals surface area contributed by atoms with E-state index >= 15 is 0 Å². The number of aryl methyl sites for hydroxylation is 3. The quantitative estimate of drug-likeness (QED) is 0.857. The van der Waals surface area contributed by atoms with Gasteiger partial charge in [-0.05, 0) is 67.3 Å². The van der Waals surface area contributed by atoms with Crippen LogP contribution < -0.4 is 5.73 Å². The molecule has 0 spiro atoms. The molecule has 1 aliphatic carbocycles. The third-order valence-electron chi connectivity index (χ3n) is 4.35. The highest BCUT2D eigenvalue weighted by atomic mass is 32.1. The summed E-state index contributed by atoms with van der Waals surface area (Å²) in [5.41, 5.74) is 10.4. The summed E-state index contributed by atoms with van der Waals surface area (Å²) in [4.78, 5) is 1.43. The molecule has 0 amide bonds.